The lowest BCUT2D eigenvalue weighted by atomic mass is 10.0. The third kappa shape index (κ3) is 2.39. The van der Waals surface area contributed by atoms with E-state index in [0.717, 1.165) is 23.4 Å². The van der Waals surface area contributed by atoms with E-state index in [1.807, 2.05) is 0 Å². The number of aromatic amines is 1. The van der Waals surface area contributed by atoms with Crippen LogP contribution in [0.1, 0.15) is 38.4 Å². The molecule has 3 heterocycles. The maximum Gasteiger partial charge on any atom is 0.332 e. The van der Waals surface area contributed by atoms with Crippen molar-refractivity contribution < 1.29 is 0 Å². The quantitative estimate of drug-likeness (QED) is 0.907. The van der Waals surface area contributed by atoms with Crippen molar-refractivity contribution in [3.63, 3.8) is 0 Å². The number of aryl methyl sites for hydroxylation is 1. The van der Waals surface area contributed by atoms with Gasteiger partial charge in [-0.05, 0) is 25.8 Å². The predicted octanol–water partition coefficient (Wildman–Crippen LogP) is 0.725. The number of likely N-dealkylation sites (tertiary alicyclic amines) is 1. The molecule has 1 atom stereocenters. The van der Waals surface area contributed by atoms with E-state index in [9.17, 15) is 9.59 Å². The second-order valence-electron chi connectivity index (χ2n) is 6.12. The van der Waals surface area contributed by atoms with Gasteiger partial charge in [-0.15, -0.1) is 0 Å². The van der Waals surface area contributed by atoms with E-state index in [1.165, 1.54) is 30.9 Å². The van der Waals surface area contributed by atoms with Crippen LogP contribution >= 0.6 is 0 Å². The highest BCUT2D eigenvalue weighted by Crippen LogP contribution is 2.21. The number of hydrogen-bond acceptors (Lipinski definition) is 4. The molecule has 0 unspecified atom stereocenters. The molecule has 7 nitrogen and oxygen atoms in total. The molecular weight excluding hydrogens is 282 g/mol. The molecule has 1 aliphatic heterocycles. The van der Waals surface area contributed by atoms with E-state index in [0.29, 0.717) is 23.8 Å². The van der Waals surface area contributed by atoms with Gasteiger partial charge in [0.1, 0.15) is 11.3 Å². The molecule has 7 heteroatoms. The lowest BCUT2D eigenvalue weighted by Gasteiger charge is -2.34. The van der Waals surface area contributed by atoms with Crippen LogP contribution < -0.4 is 11.2 Å². The number of aromatic nitrogens is 4. The Morgan fingerprint density at radius 3 is 2.73 bits per heavy atom. The Morgan fingerprint density at radius 1 is 1.23 bits per heavy atom. The molecule has 2 aromatic heterocycles. The number of piperidine rings is 1. The van der Waals surface area contributed by atoms with Crippen LogP contribution in [0.4, 0.5) is 0 Å². The third-order valence-electron chi connectivity index (χ3n) is 4.72. The zero-order chi connectivity index (χ0) is 15.9. The summed E-state index contributed by atoms with van der Waals surface area (Å²) in [6.07, 6.45) is 4.83. The number of hydrogen-bond donors (Lipinski definition) is 1. The van der Waals surface area contributed by atoms with Crippen molar-refractivity contribution in [2.45, 2.75) is 45.2 Å². The fourth-order valence-corrected chi connectivity index (χ4v) is 3.37. The van der Waals surface area contributed by atoms with Gasteiger partial charge in [0.15, 0.2) is 5.65 Å². The summed E-state index contributed by atoms with van der Waals surface area (Å²) < 4.78 is 2.53. The summed E-state index contributed by atoms with van der Waals surface area (Å²) in [4.78, 5) is 34.2. The molecule has 0 radical (unpaired) electrons. The van der Waals surface area contributed by atoms with Gasteiger partial charge in [-0.25, -0.2) is 9.78 Å². The van der Waals surface area contributed by atoms with E-state index in [1.54, 1.807) is 7.05 Å². The van der Waals surface area contributed by atoms with Crippen molar-refractivity contribution in [2.75, 3.05) is 6.54 Å². The zero-order valence-corrected chi connectivity index (χ0v) is 13.4. The van der Waals surface area contributed by atoms with Gasteiger partial charge < -0.3 is 4.98 Å². The first kappa shape index (κ1) is 15.0. The van der Waals surface area contributed by atoms with E-state index in [4.69, 9.17) is 0 Å². The molecule has 0 bridgehead atoms. The van der Waals surface area contributed by atoms with Crippen LogP contribution in [0.25, 0.3) is 11.2 Å². The minimum atomic E-state index is -0.347. The van der Waals surface area contributed by atoms with Crippen LogP contribution in [0.2, 0.25) is 0 Å². The first-order valence-corrected chi connectivity index (χ1v) is 7.91. The Labute approximate surface area is 128 Å². The molecule has 1 saturated heterocycles. The number of rotatable bonds is 3. The zero-order valence-electron chi connectivity index (χ0n) is 13.4. The van der Waals surface area contributed by atoms with Crippen LogP contribution in [0.3, 0.4) is 0 Å². The van der Waals surface area contributed by atoms with Crippen molar-refractivity contribution in [3.05, 3.63) is 26.7 Å². The summed E-state index contributed by atoms with van der Waals surface area (Å²) in [5.41, 5.74) is 0.181. The van der Waals surface area contributed by atoms with Crippen LogP contribution in [0.5, 0.6) is 0 Å². The minimum absolute atomic E-state index is 0.317. The highest BCUT2D eigenvalue weighted by molar-refractivity contribution is 5.69. The second-order valence-corrected chi connectivity index (χ2v) is 6.12. The third-order valence-corrected chi connectivity index (χ3v) is 4.72. The number of nitrogens with zero attached hydrogens (tertiary/aromatic N) is 4. The Kier molecular flexibility index (Phi) is 3.90. The first-order valence-electron chi connectivity index (χ1n) is 7.91. The summed E-state index contributed by atoms with van der Waals surface area (Å²) in [6.45, 7) is 3.97. The standard InChI is InChI=1S/C15H23N5O2/c1-4-10-7-5-6-8-20(10)9-11-16-12-13(17-11)18(2)15(22)19(3)14(12)21/h10H,4-9H2,1-3H3,(H,16,17)/t10-/m1/s1. The normalized spacial score (nSPS) is 19.9. The molecule has 22 heavy (non-hydrogen) atoms. The number of fused-ring (bicyclic) bond motifs is 1. The smallest absolute Gasteiger partial charge is 0.332 e. The molecule has 3 rings (SSSR count). The Hall–Kier alpha value is -1.89. The van der Waals surface area contributed by atoms with Crippen molar-refractivity contribution in [3.8, 4) is 0 Å². The van der Waals surface area contributed by atoms with E-state index >= 15 is 0 Å². The van der Waals surface area contributed by atoms with Crippen LogP contribution in [0.15, 0.2) is 9.59 Å². The lowest BCUT2D eigenvalue weighted by molar-refractivity contribution is 0.133. The van der Waals surface area contributed by atoms with Gasteiger partial charge in [0.05, 0.1) is 6.54 Å². The fraction of sp³-hybridized carbons (Fsp3) is 0.667. The average molecular weight is 305 g/mol. The van der Waals surface area contributed by atoms with Crippen LogP contribution in [-0.2, 0) is 20.6 Å². The van der Waals surface area contributed by atoms with Crippen LogP contribution in [0, 0.1) is 0 Å². The monoisotopic (exact) mass is 305 g/mol. The largest absolute Gasteiger partial charge is 0.335 e. The molecule has 0 saturated carbocycles. The summed E-state index contributed by atoms with van der Waals surface area (Å²) >= 11 is 0. The minimum Gasteiger partial charge on any atom is -0.335 e. The van der Waals surface area contributed by atoms with Crippen molar-refractivity contribution in [1.82, 2.24) is 24.0 Å². The maximum absolute atomic E-state index is 12.2. The van der Waals surface area contributed by atoms with E-state index < -0.39 is 0 Å². The van der Waals surface area contributed by atoms with Gasteiger partial charge in [0, 0.05) is 20.1 Å². The topological polar surface area (TPSA) is 75.9 Å². The first-order chi connectivity index (χ1) is 10.5. The molecule has 0 aromatic carbocycles. The molecule has 1 N–H and O–H groups in total. The predicted molar refractivity (Wildman–Crippen MR) is 84.9 cm³/mol. The van der Waals surface area contributed by atoms with Gasteiger partial charge in [-0.3, -0.25) is 18.8 Å². The van der Waals surface area contributed by atoms with Gasteiger partial charge in [0.2, 0.25) is 0 Å². The number of imidazole rings is 1. The Morgan fingerprint density at radius 2 is 2.00 bits per heavy atom. The molecule has 120 valence electrons. The second kappa shape index (κ2) is 5.72. The van der Waals surface area contributed by atoms with Gasteiger partial charge in [-0.2, -0.15) is 0 Å². The maximum atomic E-state index is 12.2. The highest BCUT2D eigenvalue weighted by Gasteiger charge is 2.22. The summed E-state index contributed by atoms with van der Waals surface area (Å²) in [7, 11) is 3.13. The molecular formula is C15H23N5O2. The highest BCUT2D eigenvalue weighted by atomic mass is 16.2. The summed E-state index contributed by atoms with van der Waals surface area (Å²) in [5, 5.41) is 0. The molecule has 2 aromatic rings. The van der Waals surface area contributed by atoms with Gasteiger partial charge in [-0.1, -0.05) is 13.3 Å². The molecule has 0 amide bonds. The molecule has 1 aliphatic rings. The van der Waals surface area contributed by atoms with Gasteiger partial charge in [0.25, 0.3) is 5.56 Å². The van der Waals surface area contributed by atoms with E-state index in [2.05, 4.69) is 21.8 Å². The van der Waals surface area contributed by atoms with Crippen molar-refractivity contribution in [1.29, 1.82) is 0 Å². The Bertz CT molecular complexity index is 801. The summed E-state index contributed by atoms with van der Waals surface area (Å²) in [6, 6.07) is 0.577. The SMILES string of the molecule is CC[C@@H]1CCCCN1Cc1nc2c([nH]1)c(=O)n(C)c(=O)n2C. The summed E-state index contributed by atoms with van der Waals surface area (Å²) in [5.74, 6) is 0.758. The van der Waals surface area contributed by atoms with Gasteiger partial charge >= 0.3 is 5.69 Å². The van der Waals surface area contributed by atoms with Crippen LogP contribution in [-0.4, -0.2) is 36.6 Å². The molecule has 0 spiro atoms. The Balaban J connectivity index is 1.99. The lowest BCUT2D eigenvalue weighted by Crippen LogP contribution is -2.38. The molecule has 0 aliphatic carbocycles. The molecule has 1 fully saturated rings. The van der Waals surface area contributed by atoms with Crippen molar-refractivity contribution >= 4 is 11.2 Å². The number of nitrogens with one attached hydrogen (secondary N) is 1. The van der Waals surface area contributed by atoms with Crippen molar-refractivity contribution in [2.24, 2.45) is 14.1 Å². The number of H-pyrrole nitrogens is 1. The average Bonchev–Trinajstić information content (AvgIpc) is 2.95. The fourth-order valence-electron chi connectivity index (χ4n) is 3.37. The van der Waals surface area contributed by atoms with E-state index in [-0.39, 0.29) is 11.2 Å².